The minimum absolute atomic E-state index is 0.140. The van der Waals surface area contributed by atoms with Crippen molar-refractivity contribution in [2.24, 2.45) is 0 Å². The smallest absolute Gasteiger partial charge is 0.163 e. The predicted molar refractivity (Wildman–Crippen MR) is 59.3 cm³/mol. The predicted octanol–water partition coefficient (Wildman–Crippen LogP) is 2.53. The normalized spacial score (nSPS) is 19.0. The Morgan fingerprint density at radius 1 is 1.25 bits per heavy atom. The first-order valence-electron chi connectivity index (χ1n) is 5.05. The Labute approximate surface area is 99.2 Å². The largest absolute Gasteiger partial charge is 0.506 e. The van der Waals surface area contributed by atoms with Gasteiger partial charge < -0.3 is 14.6 Å². The first-order valence-corrected chi connectivity index (χ1v) is 5.43. The van der Waals surface area contributed by atoms with Crippen LogP contribution in [0.3, 0.4) is 0 Å². The van der Waals surface area contributed by atoms with Crippen molar-refractivity contribution in [1.29, 1.82) is 0 Å². The average Bonchev–Trinajstić information content (AvgIpc) is 2.34. The van der Waals surface area contributed by atoms with Gasteiger partial charge in [0.05, 0.1) is 18.9 Å². The summed E-state index contributed by atoms with van der Waals surface area (Å²) in [5.41, 5.74) is 1.88. The van der Waals surface area contributed by atoms with Crippen molar-refractivity contribution in [3.63, 3.8) is 0 Å². The first kappa shape index (κ1) is 11.6. The van der Waals surface area contributed by atoms with Crippen LogP contribution in [0.15, 0.2) is 0 Å². The number of ether oxygens (including phenoxy) is 2. The summed E-state index contributed by atoms with van der Waals surface area (Å²) >= 11 is 6.03. The number of aryl methyl sites for hydroxylation is 1. The maximum atomic E-state index is 9.91. The highest BCUT2D eigenvalue weighted by atomic mass is 35.5. The molecule has 0 bridgehead atoms. The van der Waals surface area contributed by atoms with Gasteiger partial charge in [-0.3, -0.25) is 0 Å². The van der Waals surface area contributed by atoms with Gasteiger partial charge in [-0.05, 0) is 20.8 Å². The van der Waals surface area contributed by atoms with E-state index in [-0.39, 0.29) is 12.4 Å². The van der Waals surface area contributed by atoms with Crippen molar-refractivity contribution in [2.75, 3.05) is 0 Å². The van der Waals surface area contributed by atoms with E-state index in [0.717, 1.165) is 0 Å². The molecule has 0 unspecified atom stereocenters. The molecular weight excluding hydrogens is 230 g/mol. The summed E-state index contributed by atoms with van der Waals surface area (Å²) in [6.45, 7) is 5.92. The minimum atomic E-state index is -0.678. The summed E-state index contributed by atoms with van der Waals surface area (Å²) in [6.07, 6.45) is 0. The molecule has 0 atom stereocenters. The van der Waals surface area contributed by atoms with Gasteiger partial charge in [0.25, 0.3) is 0 Å². The third-order valence-electron chi connectivity index (χ3n) is 2.64. The van der Waals surface area contributed by atoms with E-state index in [9.17, 15) is 5.11 Å². The fourth-order valence-electron chi connectivity index (χ4n) is 1.59. The van der Waals surface area contributed by atoms with Crippen molar-refractivity contribution in [2.45, 2.75) is 39.8 Å². The SMILES string of the molecule is Cc1nc(Cl)c2c(c1O)COC(C)(C)OC2. The number of aromatic hydroxyl groups is 1. The van der Waals surface area contributed by atoms with E-state index in [2.05, 4.69) is 4.98 Å². The van der Waals surface area contributed by atoms with Crippen LogP contribution in [0.25, 0.3) is 0 Å². The van der Waals surface area contributed by atoms with E-state index >= 15 is 0 Å². The van der Waals surface area contributed by atoms with Gasteiger partial charge in [-0.1, -0.05) is 11.6 Å². The van der Waals surface area contributed by atoms with E-state index in [1.165, 1.54) is 0 Å². The molecule has 1 aliphatic heterocycles. The van der Waals surface area contributed by atoms with Crippen LogP contribution in [-0.4, -0.2) is 15.9 Å². The van der Waals surface area contributed by atoms with Gasteiger partial charge in [-0.15, -0.1) is 0 Å². The van der Waals surface area contributed by atoms with Gasteiger partial charge in [-0.25, -0.2) is 4.98 Å². The Morgan fingerprint density at radius 2 is 1.81 bits per heavy atom. The standard InChI is InChI=1S/C11H14ClNO3/c1-6-9(14)7-4-15-11(2,3)16-5-8(7)10(12)13-6/h14H,4-5H2,1-3H3. The summed E-state index contributed by atoms with van der Waals surface area (Å²) in [5.74, 6) is -0.538. The summed E-state index contributed by atoms with van der Waals surface area (Å²) < 4.78 is 11.1. The highest BCUT2D eigenvalue weighted by Gasteiger charge is 2.27. The quantitative estimate of drug-likeness (QED) is 0.712. The van der Waals surface area contributed by atoms with Gasteiger partial charge in [0.1, 0.15) is 10.9 Å². The second-order valence-electron chi connectivity index (χ2n) is 4.27. The van der Waals surface area contributed by atoms with Crippen molar-refractivity contribution < 1.29 is 14.6 Å². The van der Waals surface area contributed by atoms with Crippen LogP contribution in [0, 0.1) is 6.92 Å². The Hall–Kier alpha value is -0.840. The van der Waals surface area contributed by atoms with Crippen LogP contribution in [0.4, 0.5) is 0 Å². The van der Waals surface area contributed by atoms with E-state index in [1.807, 2.05) is 13.8 Å². The van der Waals surface area contributed by atoms with Gasteiger partial charge in [0, 0.05) is 11.1 Å². The third kappa shape index (κ3) is 2.00. The molecule has 0 radical (unpaired) electrons. The molecule has 0 saturated heterocycles. The number of aromatic nitrogens is 1. The molecule has 0 aromatic carbocycles. The summed E-state index contributed by atoms with van der Waals surface area (Å²) in [6, 6.07) is 0. The van der Waals surface area contributed by atoms with Crippen molar-refractivity contribution in [1.82, 2.24) is 4.98 Å². The Balaban J connectivity index is 2.49. The zero-order valence-electron chi connectivity index (χ0n) is 9.50. The van der Waals surface area contributed by atoms with Crippen LogP contribution in [0.2, 0.25) is 5.15 Å². The monoisotopic (exact) mass is 243 g/mol. The molecule has 0 aliphatic carbocycles. The lowest BCUT2D eigenvalue weighted by atomic mass is 10.1. The fourth-order valence-corrected chi connectivity index (χ4v) is 1.88. The summed E-state index contributed by atoms with van der Waals surface area (Å²) in [5, 5.41) is 10.3. The lowest BCUT2D eigenvalue weighted by Crippen LogP contribution is -2.25. The van der Waals surface area contributed by atoms with Gasteiger partial charge in [-0.2, -0.15) is 0 Å². The van der Waals surface area contributed by atoms with E-state index < -0.39 is 5.79 Å². The van der Waals surface area contributed by atoms with Crippen LogP contribution >= 0.6 is 11.6 Å². The highest BCUT2D eigenvalue weighted by molar-refractivity contribution is 6.30. The van der Waals surface area contributed by atoms with E-state index in [4.69, 9.17) is 21.1 Å². The molecule has 0 amide bonds. The fraction of sp³-hybridized carbons (Fsp3) is 0.545. The van der Waals surface area contributed by atoms with Crippen LogP contribution in [0.5, 0.6) is 5.75 Å². The molecule has 5 heteroatoms. The highest BCUT2D eigenvalue weighted by Crippen LogP contribution is 2.34. The molecule has 0 saturated carbocycles. The topological polar surface area (TPSA) is 51.6 Å². The molecule has 1 N–H and O–H groups in total. The van der Waals surface area contributed by atoms with Crippen molar-refractivity contribution in [3.8, 4) is 5.75 Å². The van der Waals surface area contributed by atoms with Crippen molar-refractivity contribution in [3.05, 3.63) is 22.0 Å². The number of hydrogen-bond acceptors (Lipinski definition) is 4. The maximum Gasteiger partial charge on any atom is 0.163 e. The molecule has 1 aromatic heterocycles. The molecule has 1 aromatic rings. The van der Waals surface area contributed by atoms with Crippen LogP contribution < -0.4 is 0 Å². The zero-order valence-corrected chi connectivity index (χ0v) is 10.3. The molecule has 4 nitrogen and oxygen atoms in total. The molecule has 16 heavy (non-hydrogen) atoms. The van der Waals surface area contributed by atoms with E-state index in [0.29, 0.717) is 28.6 Å². The number of fused-ring (bicyclic) bond motifs is 1. The Kier molecular flexibility index (Phi) is 2.82. The van der Waals surface area contributed by atoms with Gasteiger partial charge in [0.15, 0.2) is 5.79 Å². The lowest BCUT2D eigenvalue weighted by molar-refractivity contribution is -0.219. The number of rotatable bonds is 0. The average molecular weight is 244 g/mol. The molecule has 88 valence electrons. The number of pyridine rings is 1. The maximum absolute atomic E-state index is 9.91. The van der Waals surface area contributed by atoms with E-state index in [1.54, 1.807) is 6.92 Å². The molecule has 2 rings (SSSR count). The Morgan fingerprint density at radius 3 is 2.44 bits per heavy atom. The van der Waals surface area contributed by atoms with Gasteiger partial charge in [0.2, 0.25) is 0 Å². The Bertz CT molecular complexity index is 432. The minimum Gasteiger partial charge on any atom is -0.506 e. The number of halogens is 1. The summed E-state index contributed by atoms with van der Waals surface area (Å²) in [4.78, 5) is 4.06. The molecule has 2 heterocycles. The molecule has 1 aliphatic rings. The van der Waals surface area contributed by atoms with Crippen molar-refractivity contribution >= 4 is 11.6 Å². The lowest BCUT2D eigenvalue weighted by Gasteiger charge is -2.22. The van der Waals surface area contributed by atoms with Crippen LogP contribution in [-0.2, 0) is 22.7 Å². The third-order valence-corrected chi connectivity index (χ3v) is 2.95. The summed E-state index contributed by atoms with van der Waals surface area (Å²) in [7, 11) is 0. The molecular formula is C11H14ClNO3. The zero-order chi connectivity index (χ0) is 11.9. The first-order chi connectivity index (χ1) is 7.41. The second-order valence-corrected chi connectivity index (χ2v) is 4.63. The van der Waals surface area contributed by atoms with Gasteiger partial charge >= 0.3 is 0 Å². The number of hydrogen-bond donors (Lipinski definition) is 1. The molecule has 0 spiro atoms. The molecule has 0 fully saturated rings. The number of nitrogens with zero attached hydrogens (tertiary/aromatic N) is 1. The van der Waals surface area contributed by atoms with Crippen LogP contribution in [0.1, 0.15) is 30.7 Å². The second kappa shape index (κ2) is 3.87.